The quantitative estimate of drug-likeness (QED) is 0.406. The summed E-state index contributed by atoms with van der Waals surface area (Å²) in [6.45, 7) is 5.88. The van der Waals surface area contributed by atoms with Gasteiger partial charge in [-0.05, 0) is 62.4 Å². The van der Waals surface area contributed by atoms with Crippen molar-refractivity contribution in [3.05, 3.63) is 59.8 Å². The fourth-order valence-electron chi connectivity index (χ4n) is 3.33. The molecule has 8 heteroatoms. The van der Waals surface area contributed by atoms with Gasteiger partial charge in [0.2, 0.25) is 0 Å². The summed E-state index contributed by atoms with van der Waals surface area (Å²) in [6.07, 6.45) is 4.98. The highest BCUT2D eigenvalue weighted by Gasteiger charge is 2.22. The molecule has 7 nitrogen and oxygen atoms in total. The summed E-state index contributed by atoms with van der Waals surface area (Å²) in [5.41, 5.74) is 1.66. The van der Waals surface area contributed by atoms with Crippen molar-refractivity contribution in [2.45, 2.75) is 39.2 Å². The largest absolute Gasteiger partial charge is 0.490 e. The maximum atomic E-state index is 14.4. The number of ether oxygens (including phenoxy) is 1. The molecule has 0 radical (unpaired) electrons. The summed E-state index contributed by atoms with van der Waals surface area (Å²) in [4.78, 5) is 4.65. The van der Waals surface area contributed by atoms with Crippen molar-refractivity contribution in [2.75, 3.05) is 19.7 Å². The van der Waals surface area contributed by atoms with Crippen molar-refractivity contribution in [3.8, 4) is 5.75 Å². The van der Waals surface area contributed by atoms with Crippen molar-refractivity contribution in [3.63, 3.8) is 0 Å². The Morgan fingerprint density at radius 1 is 1.29 bits per heavy atom. The molecule has 0 saturated heterocycles. The SMILES string of the molecule is CCNC(=NCCc1nnc2ccccn12)NC(C)c1ccc(OCC2CC2)c(F)c1. The molecule has 1 saturated carbocycles. The molecule has 2 heterocycles. The lowest BCUT2D eigenvalue weighted by atomic mass is 10.1. The summed E-state index contributed by atoms with van der Waals surface area (Å²) in [7, 11) is 0. The van der Waals surface area contributed by atoms with Gasteiger partial charge in [0.25, 0.3) is 0 Å². The third kappa shape index (κ3) is 5.51. The van der Waals surface area contributed by atoms with Gasteiger partial charge in [0.05, 0.1) is 12.6 Å². The van der Waals surface area contributed by atoms with Gasteiger partial charge in [-0.3, -0.25) is 9.39 Å². The lowest BCUT2D eigenvalue weighted by Crippen LogP contribution is -2.39. The highest BCUT2D eigenvalue weighted by molar-refractivity contribution is 5.80. The molecule has 0 aliphatic heterocycles. The van der Waals surface area contributed by atoms with Crippen LogP contribution in [0.25, 0.3) is 5.65 Å². The number of aromatic nitrogens is 3. The fourth-order valence-corrected chi connectivity index (χ4v) is 3.33. The average molecular weight is 425 g/mol. The average Bonchev–Trinajstić information content (AvgIpc) is 3.52. The van der Waals surface area contributed by atoms with Crippen LogP contribution in [0.2, 0.25) is 0 Å². The van der Waals surface area contributed by atoms with E-state index in [1.165, 1.54) is 18.9 Å². The number of pyridine rings is 1. The summed E-state index contributed by atoms with van der Waals surface area (Å²) >= 11 is 0. The molecule has 1 unspecified atom stereocenters. The van der Waals surface area contributed by atoms with Crippen molar-refractivity contribution < 1.29 is 9.13 Å². The number of halogens is 1. The molecule has 1 aromatic carbocycles. The van der Waals surface area contributed by atoms with Gasteiger partial charge in [-0.15, -0.1) is 10.2 Å². The Morgan fingerprint density at radius 2 is 2.16 bits per heavy atom. The zero-order chi connectivity index (χ0) is 21.6. The van der Waals surface area contributed by atoms with Crippen molar-refractivity contribution in [1.82, 2.24) is 25.2 Å². The van der Waals surface area contributed by atoms with E-state index in [1.54, 1.807) is 6.07 Å². The number of rotatable bonds is 9. The van der Waals surface area contributed by atoms with E-state index in [9.17, 15) is 4.39 Å². The zero-order valence-electron chi connectivity index (χ0n) is 18.0. The third-order valence-electron chi connectivity index (χ3n) is 5.31. The number of nitrogens with zero attached hydrogens (tertiary/aromatic N) is 4. The monoisotopic (exact) mass is 424 g/mol. The van der Waals surface area contributed by atoms with E-state index in [0.717, 1.165) is 23.6 Å². The van der Waals surface area contributed by atoms with Crippen LogP contribution in [0.4, 0.5) is 4.39 Å². The minimum Gasteiger partial charge on any atom is -0.490 e. The molecule has 0 amide bonds. The topological polar surface area (TPSA) is 75.8 Å². The Morgan fingerprint density at radius 3 is 2.94 bits per heavy atom. The molecular weight excluding hydrogens is 395 g/mol. The van der Waals surface area contributed by atoms with Crippen LogP contribution in [0, 0.1) is 11.7 Å². The molecule has 2 aromatic heterocycles. The zero-order valence-corrected chi connectivity index (χ0v) is 18.0. The van der Waals surface area contributed by atoms with Gasteiger partial charge in [0, 0.05) is 25.7 Å². The highest BCUT2D eigenvalue weighted by atomic mass is 19.1. The number of benzene rings is 1. The molecule has 1 aliphatic rings. The van der Waals surface area contributed by atoms with Crippen LogP contribution in [0.15, 0.2) is 47.6 Å². The second-order valence-electron chi connectivity index (χ2n) is 7.87. The van der Waals surface area contributed by atoms with Crippen LogP contribution in [0.3, 0.4) is 0 Å². The molecule has 31 heavy (non-hydrogen) atoms. The Labute approximate surface area is 181 Å². The van der Waals surface area contributed by atoms with Gasteiger partial charge in [-0.1, -0.05) is 12.1 Å². The minimum absolute atomic E-state index is 0.112. The molecular formula is C23H29FN6O. The first kappa shape index (κ1) is 21.1. The van der Waals surface area contributed by atoms with Crippen LogP contribution in [0.1, 0.15) is 44.1 Å². The molecule has 1 atom stereocenters. The maximum Gasteiger partial charge on any atom is 0.191 e. The van der Waals surface area contributed by atoms with Gasteiger partial charge < -0.3 is 15.4 Å². The Hall–Kier alpha value is -3.16. The number of fused-ring (bicyclic) bond motifs is 1. The normalized spacial score (nSPS) is 15.1. The molecule has 1 aliphatic carbocycles. The van der Waals surface area contributed by atoms with Crippen LogP contribution >= 0.6 is 0 Å². The third-order valence-corrected chi connectivity index (χ3v) is 5.31. The smallest absolute Gasteiger partial charge is 0.191 e. The molecule has 0 spiro atoms. The van der Waals surface area contributed by atoms with Crippen molar-refractivity contribution >= 4 is 11.6 Å². The first-order valence-electron chi connectivity index (χ1n) is 10.9. The first-order chi connectivity index (χ1) is 15.1. The number of guanidine groups is 1. The highest BCUT2D eigenvalue weighted by Crippen LogP contribution is 2.30. The Kier molecular flexibility index (Phi) is 6.64. The minimum atomic E-state index is -0.326. The Balaban J connectivity index is 1.36. The standard InChI is InChI=1S/C23H29FN6O/c1-3-25-23(26-12-11-22-29-28-21-6-4-5-13-30(21)22)27-16(2)18-9-10-20(19(24)14-18)31-15-17-7-8-17/h4-6,9-10,13-14,16-17H,3,7-8,11-12,15H2,1-2H3,(H2,25,26,27). The second kappa shape index (κ2) is 9.76. The predicted octanol–water partition coefficient (Wildman–Crippen LogP) is 3.52. The van der Waals surface area contributed by atoms with E-state index in [-0.39, 0.29) is 11.9 Å². The van der Waals surface area contributed by atoms with Crippen molar-refractivity contribution in [1.29, 1.82) is 0 Å². The van der Waals surface area contributed by atoms with Gasteiger partial charge >= 0.3 is 0 Å². The van der Waals surface area contributed by atoms with E-state index in [0.29, 0.717) is 37.2 Å². The van der Waals surface area contributed by atoms with E-state index >= 15 is 0 Å². The predicted molar refractivity (Wildman–Crippen MR) is 119 cm³/mol. The summed E-state index contributed by atoms with van der Waals surface area (Å²) in [5.74, 6) is 2.14. The van der Waals surface area contributed by atoms with E-state index in [4.69, 9.17) is 4.74 Å². The van der Waals surface area contributed by atoms with Crippen LogP contribution < -0.4 is 15.4 Å². The van der Waals surface area contributed by atoms with E-state index in [2.05, 4.69) is 25.8 Å². The summed E-state index contributed by atoms with van der Waals surface area (Å²) in [5, 5.41) is 15.0. The first-order valence-corrected chi connectivity index (χ1v) is 10.9. The van der Waals surface area contributed by atoms with Crippen LogP contribution in [-0.4, -0.2) is 40.3 Å². The maximum absolute atomic E-state index is 14.4. The Bertz CT molecular complexity index is 1050. The summed E-state index contributed by atoms with van der Waals surface area (Å²) < 4.78 is 22.0. The number of hydrogen-bond acceptors (Lipinski definition) is 4. The molecule has 4 rings (SSSR count). The van der Waals surface area contributed by atoms with Gasteiger partial charge in [0.15, 0.2) is 23.2 Å². The molecule has 164 valence electrons. The van der Waals surface area contributed by atoms with Crippen LogP contribution in [0.5, 0.6) is 5.75 Å². The molecule has 1 fully saturated rings. The van der Waals surface area contributed by atoms with Crippen LogP contribution in [-0.2, 0) is 6.42 Å². The lowest BCUT2D eigenvalue weighted by Gasteiger charge is -2.19. The number of hydrogen-bond donors (Lipinski definition) is 2. The molecule has 3 aromatic rings. The van der Waals surface area contributed by atoms with Gasteiger partial charge in [-0.25, -0.2) is 4.39 Å². The van der Waals surface area contributed by atoms with Gasteiger partial charge in [0.1, 0.15) is 5.82 Å². The lowest BCUT2D eigenvalue weighted by molar-refractivity contribution is 0.285. The summed E-state index contributed by atoms with van der Waals surface area (Å²) in [6, 6.07) is 10.9. The van der Waals surface area contributed by atoms with Crippen molar-refractivity contribution in [2.24, 2.45) is 10.9 Å². The molecule has 2 N–H and O–H groups in total. The van der Waals surface area contributed by atoms with Gasteiger partial charge in [-0.2, -0.15) is 0 Å². The van der Waals surface area contributed by atoms with E-state index < -0.39 is 0 Å². The second-order valence-corrected chi connectivity index (χ2v) is 7.87. The fraction of sp³-hybridized carbons (Fsp3) is 0.435. The number of aliphatic imine (C=N–C) groups is 1. The number of nitrogens with one attached hydrogen (secondary N) is 2. The molecule has 0 bridgehead atoms. The van der Waals surface area contributed by atoms with E-state index in [1.807, 2.05) is 48.7 Å².